The number of carbonyl (C=O) groups is 1. The lowest BCUT2D eigenvalue weighted by Gasteiger charge is -2.07. The van der Waals surface area contributed by atoms with E-state index in [9.17, 15) is 4.79 Å². The Hall–Kier alpha value is -1.31. The molecule has 0 aliphatic carbocycles. The molecule has 13 heavy (non-hydrogen) atoms. The van der Waals surface area contributed by atoms with Crippen LogP contribution in [0.1, 0.15) is 25.0 Å². The molecule has 0 aromatic heterocycles. The summed E-state index contributed by atoms with van der Waals surface area (Å²) in [5.74, 6) is 0.416. The maximum absolute atomic E-state index is 10.7. The molecule has 1 rings (SSSR count). The summed E-state index contributed by atoms with van der Waals surface area (Å²) in [5.41, 5.74) is 2.27. The minimum Gasteiger partial charge on any atom is -0.426 e. The number of carbonyl (C=O) groups excluding carboxylic acids is 1. The van der Waals surface area contributed by atoms with Crippen LogP contribution >= 0.6 is 0 Å². The van der Waals surface area contributed by atoms with Crippen molar-refractivity contribution >= 4 is 5.97 Å². The average Bonchev–Trinajstić information content (AvgIpc) is 2.07. The van der Waals surface area contributed by atoms with Gasteiger partial charge in [-0.25, -0.2) is 0 Å². The van der Waals surface area contributed by atoms with E-state index in [-0.39, 0.29) is 5.97 Å². The SMILES string of the molecule is CCc1cc(C)ccc1OC(C)=O. The van der Waals surface area contributed by atoms with E-state index in [1.165, 1.54) is 12.5 Å². The zero-order valence-electron chi connectivity index (χ0n) is 8.26. The Kier molecular flexibility index (Phi) is 3.07. The molecule has 0 bridgehead atoms. The molecule has 1 aromatic rings. The van der Waals surface area contributed by atoms with Gasteiger partial charge in [0, 0.05) is 6.92 Å². The molecule has 1 aromatic carbocycles. The summed E-state index contributed by atoms with van der Waals surface area (Å²) in [7, 11) is 0. The van der Waals surface area contributed by atoms with Crippen molar-refractivity contribution in [2.45, 2.75) is 27.2 Å². The lowest BCUT2D eigenvalue weighted by molar-refractivity contribution is -0.131. The zero-order valence-corrected chi connectivity index (χ0v) is 8.26. The molecule has 2 nitrogen and oxygen atoms in total. The van der Waals surface area contributed by atoms with Crippen molar-refractivity contribution in [2.75, 3.05) is 0 Å². The average molecular weight is 178 g/mol. The molecule has 0 spiro atoms. The summed E-state index contributed by atoms with van der Waals surface area (Å²) in [6.07, 6.45) is 0.879. The number of esters is 1. The van der Waals surface area contributed by atoms with Gasteiger partial charge in [0.25, 0.3) is 0 Å². The third kappa shape index (κ3) is 2.58. The molecule has 0 radical (unpaired) electrons. The molecule has 0 aliphatic rings. The summed E-state index contributed by atoms with van der Waals surface area (Å²) >= 11 is 0. The number of benzene rings is 1. The standard InChI is InChI=1S/C11H14O2/c1-4-10-7-8(2)5-6-11(10)13-9(3)12/h5-7H,4H2,1-3H3. The topological polar surface area (TPSA) is 26.3 Å². The van der Waals surface area contributed by atoms with Crippen molar-refractivity contribution in [2.24, 2.45) is 0 Å². The van der Waals surface area contributed by atoms with Gasteiger partial charge in [0.1, 0.15) is 5.75 Å². The van der Waals surface area contributed by atoms with Crippen LogP contribution in [-0.2, 0) is 11.2 Å². The highest BCUT2D eigenvalue weighted by Crippen LogP contribution is 2.20. The number of hydrogen-bond acceptors (Lipinski definition) is 2. The maximum atomic E-state index is 10.7. The van der Waals surface area contributed by atoms with Crippen LogP contribution in [0.15, 0.2) is 18.2 Å². The normalized spacial score (nSPS) is 9.77. The van der Waals surface area contributed by atoms with E-state index in [0.29, 0.717) is 5.75 Å². The molecule has 0 fully saturated rings. The van der Waals surface area contributed by atoms with Crippen molar-refractivity contribution in [1.29, 1.82) is 0 Å². The summed E-state index contributed by atoms with van der Waals surface area (Å²) < 4.78 is 5.05. The molecule has 0 saturated heterocycles. The van der Waals surface area contributed by atoms with Crippen molar-refractivity contribution < 1.29 is 9.53 Å². The minimum atomic E-state index is -0.265. The molecule has 2 heteroatoms. The Balaban J connectivity index is 2.99. The van der Waals surface area contributed by atoms with Crippen molar-refractivity contribution in [3.8, 4) is 5.75 Å². The van der Waals surface area contributed by atoms with E-state index in [4.69, 9.17) is 4.74 Å². The van der Waals surface area contributed by atoms with E-state index >= 15 is 0 Å². The molecule has 0 aliphatic heterocycles. The third-order valence-corrected chi connectivity index (χ3v) is 1.85. The molecule has 0 saturated carbocycles. The van der Waals surface area contributed by atoms with Crippen LogP contribution in [0.2, 0.25) is 0 Å². The molecular weight excluding hydrogens is 164 g/mol. The first kappa shape index (κ1) is 9.78. The van der Waals surface area contributed by atoms with Crippen LogP contribution in [0.4, 0.5) is 0 Å². The van der Waals surface area contributed by atoms with Gasteiger partial charge >= 0.3 is 5.97 Å². The molecular formula is C11H14O2. The maximum Gasteiger partial charge on any atom is 0.308 e. The highest BCUT2D eigenvalue weighted by atomic mass is 16.5. The van der Waals surface area contributed by atoms with Crippen LogP contribution in [0.25, 0.3) is 0 Å². The number of hydrogen-bond donors (Lipinski definition) is 0. The first-order valence-corrected chi connectivity index (χ1v) is 4.41. The summed E-state index contributed by atoms with van der Waals surface area (Å²) in [6, 6.07) is 5.82. The van der Waals surface area contributed by atoms with Crippen LogP contribution in [-0.4, -0.2) is 5.97 Å². The van der Waals surface area contributed by atoms with Crippen LogP contribution < -0.4 is 4.74 Å². The smallest absolute Gasteiger partial charge is 0.308 e. The van der Waals surface area contributed by atoms with Gasteiger partial charge in [0.15, 0.2) is 0 Å². The van der Waals surface area contributed by atoms with Crippen LogP contribution in [0.3, 0.4) is 0 Å². The van der Waals surface area contributed by atoms with Gasteiger partial charge in [-0.1, -0.05) is 24.6 Å². The zero-order chi connectivity index (χ0) is 9.84. The van der Waals surface area contributed by atoms with Gasteiger partial charge < -0.3 is 4.74 Å². The number of ether oxygens (including phenoxy) is 1. The summed E-state index contributed by atoms with van der Waals surface area (Å²) in [4.78, 5) is 10.7. The van der Waals surface area contributed by atoms with Gasteiger partial charge in [0.2, 0.25) is 0 Å². The van der Waals surface area contributed by atoms with E-state index in [1.54, 1.807) is 0 Å². The highest BCUT2D eigenvalue weighted by Gasteiger charge is 2.03. The molecule has 0 heterocycles. The predicted molar refractivity (Wildman–Crippen MR) is 51.9 cm³/mol. The van der Waals surface area contributed by atoms with Gasteiger partial charge in [-0.15, -0.1) is 0 Å². The number of aryl methyl sites for hydroxylation is 2. The lowest BCUT2D eigenvalue weighted by atomic mass is 10.1. The van der Waals surface area contributed by atoms with E-state index < -0.39 is 0 Å². The Bertz CT molecular complexity index is 316. The fraction of sp³-hybridized carbons (Fsp3) is 0.364. The number of rotatable bonds is 2. The fourth-order valence-electron chi connectivity index (χ4n) is 1.24. The second-order valence-corrected chi connectivity index (χ2v) is 3.06. The summed E-state index contributed by atoms with van der Waals surface area (Å²) in [5, 5.41) is 0. The largest absolute Gasteiger partial charge is 0.426 e. The van der Waals surface area contributed by atoms with Gasteiger partial charge in [-0.3, -0.25) is 4.79 Å². The fourth-order valence-corrected chi connectivity index (χ4v) is 1.24. The van der Waals surface area contributed by atoms with Gasteiger partial charge in [-0.05, 0) is 25.0 Å². The molecule has 0 unspecified atom stereocenters. The Morgan fingerprint density at radius 1 is 1.46 bits per heavy atom. The highest BCUT2D eigenvalue weighted by molar-refractivity contribution is 5.69. The lowest BCUT2D eigenvalue weighted by Crippen LogP contribution is -2.03. The summed E-state index contributed by atoms with van der Waals surface area (Å²) in [6.45, 7) is 5.48. The first-order chi connectivity index (χ1) is 6.13. The van der Waals surface area contributed by atoms with Gasteiger partial charge in [0.05, 0.1) is 0 Å². The predicted octanol–water partition coefficient (Wildman–Crippen LogP) is 2.48. The van der Waals surface area contributed by atoms with E-state index in [1.807, 2.05) is 32.0 Å². The third-order valence-electron chi connectivity index (χ3n) is 1.85. The van der Waals surface area contributed by atoms with E-state index in [0.717, 1.165) is 12.0 Å². The Labute approximate surface area is 78.5 Å². The van der Waals surface area contributed by atoms with Crippen molar-refractivity contribution in [3.05, 3.63) is 29.3 Å². The molecule has 0 amide bonds. The second-order valence-electron chi connectivity index (χ2n) is 3.06. The minimum absolute atomic E-state index is 0.265. The Morgan fingerprint density at radius 3 is 2.69 bits per heavy atom. The van der Waals surface area contributed by atoms with Gasteiger partial charge in [-0.2, -0.15) is 0 Å². The van der Waals surface area contributed by atoms with Crippen LogP contribution in [0.5, 0.6) is 5.75 Å². The van der Waals surface area contributed by atoms with E-state index in [2.05, 4.69) is 0 Å². The van der Waals surface area contributed by atoms with Crippen molar-refractivity contribution in [3.63, 3.8) is 0 Å². The first-order valence-electron chi connectivity index (χ1n) is 4.41. The molecule has 0 atom stereocenters. The quantitative estimate of drug-likeness (QED) is 0.513. The molecule has 70 valence electrons. The molecule has 0 N–H and O–H groups in total. The van der Waals surface area contributed by atoms with Crippen LogP contribution in [0, 0.1) is 6.92 Å². The monoisotopic (exact) mass is 178 g/mol. The Morgan fingerprint density at radius 2 is 2.15 bits per heavy atom. The second kappa shape index (κ2) is 4.08. The van der Waals surface area contributed by atoms with Crippen molar-refractivity contribution in [1.82, 2.24) is 0 Å².